The summed E-state index contributed by atoms with van der Waals surface area (Å²) in [4.78, 5) is 21.4. The van der Waals surface area contributed by atoms with Crippen LogP contribution in [0, 0.1) is 0 Å². The quantitative estimate of drug-likeness (QED) is 0.769. The molecular formula is C10H8F3NO4. The number of nitrogens with two attached hydrogens (primary N) is 1. The average Bonchev–Trinajstić information content (AvgIpc) is 2.25. The van der Waals surface area contributed by atoms with Gasteiger partial charge < -0.3 is 15.9 Å². The van der Waals surface area contributed by atoms with Crippen LogP contribution in [0.15, 0.2) is 18.2 Å². The predicted molar refractivity (Wildman–Crippen MR) is 53.3 cm³/mol. The van der Waals surface area contributed by atoms with Gasteiger partial charge in [0.2, 0.25) is 0 Å². The van der Waals surface area contributed by atoms with E-state index >= 15 is 0 Å². The predicted octanol–water partition coefficient (Wildman–Crippen LogP) is 1.65. The SMILES string of the molecule is N[C@@H](c1ccc(C(=O)O)cc1C(=O)O)C(F)(F)F. The van der Waals surface area contributed by atoms with E-state index in [-0.39, 0.29) is 0 Å². The average molecular weight is 263 g/mol. The first kappa shape index (κ1) is 14.0. The molecule has 0 radical (unpaired) electrons. The fourth-order valence-corrected chi connectivity index (χ4v) is 1.32. The van der Waals surface area contributed by atoms with Crippen molar-refractivity contribution in [1.82, 2.24) is 0 Å². The molecule has 0 bridgehead atoms. The number of carboxylic acids is 2. The van der Waals surface area contributed by atoms with Gasteiger partial charge in [-0.1, -0.05) is 6.07 Å². The molecule has 0 saturated carbocycles. The molecule has 18 heavy (non-hydrogen) atoms. The van der Waals surface area contributed by atoms with Crippen molar-refractivity contribution in [2.75, 3.05) is 0 Å². The molecule has 5 nitrogen and oxygen atoms in total. The monoisotopic (exact) mass is 263 g/mol. The van der Waals surface area contributed by atoms with Crippen molar-refractivity contribution >= 4 is 11.9 Å². The number of halogens is 3. The lowest BCUT2D eigenvalue weighted by Gasteiger charge is -2.18. The van der Waals surface area contributed by atoms with Crippen LogP contribution in [0.3, 0.4) is 0 Å². The van der Waals surface area contributed by atoms with E-state index in [4.69, 9.17) is 15.9 Å². The lowest BCUT2D eigenvalue weighted by atomic mass is 9.98. The fourth-order valence-electron chi connectivity index (χ4n) is 1.32. The zero-order valence-corrected chi connectivity index (χ0v) is 8.73. The molecule has 0 heterocycles. The summed E-state index contributed by atoms with van der Waals surface area (Å²) in [5.74, 6) is -3.11. The van der Waals surface area contributed by atoms with Crippen LogP contribution < -0.4 is 5.73 Å². The van der Waals surface area contributed by atoms with Gasteiger partial charge >= 0.3 is 18.1 Å². The van der Waals surface area contributed by atoms with Crippen LogP contribution in [0.5, 0.6) is 0 Å². The van der Waals surface area contributed by atoms with Crippen LogP contribution in [-0.2, 0) is 0 Å². The molecular weight excluding hydrogens is 255 g/mol. The summed E-state index contributed by atoms with van der Waals surface area (Å²) in [5, 5.41) is 17.4. The third-order valence-corrected chi connectivity index (χ3v) is 2.22. The Morgan fingerprint density at radius 3 is 2.11 bits per heavy atom. The van der Waals surface area contributed by atoms with Crippen molar-refractivity contribution in [1.29, 1.82) is 0 Å². The van der Waals surface area contributed by atoms with Gasteiger partial charge in [0.05, 0.1) is 11.1 Å². The van der Waals surface area contributed by atoms with Gasteiger partial charge in [-0.05, 0) is 17.7 Å². The smallest absolute Gasteiger partial charge is 0.407 e. The molecule has 0 aliphatic rings. The second-order valence-corrected chi connectivity index (χ2v) is 3.43. The van der Waals surface area contributed by atoms with Gasteiger partial charge in [0.15, 0.2) is 0 Å². The fraction of sp³-hybridized carbons (Fsp3) is 0.200. The van der Waals surface area contributed by atoms with Crippen molar-refractivity contribution in [2.24, 2.45) is 5.73 Å². The van der Waals surface area contributed by atoms with Crippen molar-refractivity contribution in [3.63, 3.8) is 0 Å². The van der Waals surface area contributed by atoms with Crippen molar-refractivity contribution in [2.45, 2.75) is 12.2 Å². The number of alkyl halides is 3. The summed E-state index contributed by atoms with van der Waals surface area (Å²) in [6.45, 7) is 0. The van der Waals surface area contributed by atoms with Crippen molar-refractivity contribution in [3.8, 4) is 0 Å². The Hall–Kier alpha value is -2.09. The Labute approximate surface area is 98.6 Å². The minimum Gasteiger partial charge on any atom is -0.478 e. The molecule has 0 aliphatic carbocycles. The van der Waals surface area contributed by atoms with E-state index in [9.17, 15) is 22.8 Å². The Morgan fingerprint density at radius 2 is 1.72 bits per heavy atom. The number of hydrogen-bond donors (Lipinski definition) is 3. The maximum Gasteiger partial charge on any atom is 0.407 e. The highest BCUT2D eigenvalue weighted by Gasteiger charge is 2.39. The van der Waals surface area contributed by atoms with E-state index in [0.29, 0.717) is 6.07 Å². The lowest BCUT2D eigenvalue weighted by Crippen LogP contribution is -2.30. The zero-order valence-electron chi connectivity index (χ0n) is 8.73. The number of carboxylic acid groups (broad SMARTS) is 2. The number of aromatic carboxylic acids is 2. The van der Waals surface area contributed by atoms with Crippen molar-refractivity contribution in [3.05, 3.63) is 34.9 Å². The molecule has 0 aliphatic heterocycles. The summed E-state index contributed by atoms with van der Waals surface area (Å²) in [7, 11) is 0. The Kier molecular flexibility index (Phi) is 3.61. The van der Waals surface area contributed by atoms with Crippen LogP contribution in [0.2, 0.25) is 0 Å². The summed E-state index contributed by atoms with van der Waals surface area (Å²) in [5.41, 5.74) is 3.02. The summed E-state index contributed by atoms with van der Waals surface area (Å²) >= 11 is 0. The molecule has 1 aromatic rings. The normalized spacial score (nSPS) is 13.1. The number of carbonyl (C=O) groups is 2. The maximum absolute atomic E-state index is 12.4. The standard InChI is InChI=1S/C10H8F3NO4/c11-10(12,13)7(14)5-2-1-4(8(15)16)3-6(5)9(17)18/h1-3,7H,14H2,(H,15,16)(H,17,18)/t7-/m0/s1. The molecule has 0 spiro atoms. The second kappa shape index (κ2) is 4.65. The van der Waals surface area contributed by atoms with Crippen LogP contribution in [0.4, 0.5) is 13.2 Å². The minimum absolute atomic E-state index is 0.425. The second-order valence-electron chi connectivity index (χ2n) is 3.43. The Bertz CT molecular complexity index is 498. The first-order valence-electron chi connectivity index (χ1n) is 4.57. The van der Waals surface area contributed by atoms with Gasteiger partial charge in [-0.15, -0.1) is 0 Å². The number of rotatable bonds is 3. The van der Waals surface area contributed by atoms with E-state index in [2.05, 4.69) is 0 Å². The molecule has 98 valence electrons. The lowest BCUT2D eigenvalue weighted by molar-refractivity contribution is -0.149. The highest BCUT2D eigenvalue weighted by atomic mass is 19.4. The largest absolute Gasteiger partial charge is 0.478 e. The van der Waals surface area contributed by atoms with Crippen molar-refractivity contribution < 1.29 is 33.0 Å². The van der Waals surface area contributed by atoms with E-state index in [1.807, 2.05) is 0 Å². The highest BCUT2D eigenvalue weighted by molar-refractivity contribution is 5.95. The molecule has 0 saturated heterocycles. The third kappa shape index (κ3) is 2.77. The van der Waals surface area contributed by atoms with E-state index in [0.717, 1.165) is 12.1 Å². The molecule has 1 rings (SSSR count). The van der Waals surface area contributed by atoms with Crippen LogP contribution in [0.1, 0.15) is 32.3 Å². The molecule has 1 aromatic carbocycles. The Morgan fingerprint density at radius 1 is 1.17 bits per heavy atom. The van der Waals surface area contributed by atoms with Gasteiger partial charge in [-0.3, -0.25) is 0 Å². The molecule has 8 heteroatoms. The molecule has 0 unspecified atom stereocenters. The van der Waals surface area contributed by atoms with E-state index in [1.165, 1.54) is 0 Å². The first-order chi connectivity index (χ1) is 8.14. The summed E-state index contributed by atoms with van der Waals surface area (Å²) in [6, 6.07) is -0.210. The molecule has 4 N–H and O–H groups in total. The molecule has 0 fully saturated rings. The van der Waals surface area contributed by atoms with Gasteiger partial charge in [0.1, 0.15) is 6.04 Å². The Balaban J connectivity index is 3.37. The van der Waals surface area contributed by atoms with Crippen LogP contribution in [-0.4, -0.2) is 28.3 Å². The zero-order chi connectivity index (χ0) is 14.1. The van der Waals surface area contributed by atoms with E-state index < -0.39 is 40.8 Å². The topological polar surface area (TPSA) is 101 Å². The summed E-state index contributed by atoms with van der Waals surface area (Å²) < 4.78 is 37.2. The van der Waals surface area contributed by atoms with Gasteiger partial charge in [-0.2, -0.15) is 13.2 Å². The molecule has 0 aromatic heterocycles. The highest BCUT2D eigenvalue weighted by Crippen LogP contribution is 2.32. The van der Waals surface area contributed by atoms with Gasteiger partial charge in [0.25, 0.3) is 0 Å². The number of hydrogen-bond acceptors (Lipinski definition) is 3. The maximum atomic E-state index is 12.4. The first-order valence-corrected chi connectivity index (χ1v) is 4.57. The van der Waals surface area contributed by atoms with E-state index in [1.54, 1.807) is 0 Å². The number of benzene rings is 1. The molecule has 0 amide bonds. The molecule has 1 atom stereocenters. The van der Waals surface area contributed by atoms with Crippen LogP contribution >= 0.6 is 0 Å². The van der Waals surface area contributed by atoms with Gasteiger partial charge in [-0.25, -0.2) is 9.59 Å². The third-order valence-electron chi connectivity index (χ3n) is 2.22. The summed E-state index contributed by atoms with van der Waals surface area (Å²) in [6.07, 6.45) is -4.81. The minimum atomic E-state index is -4.81. The van der Waals surface area contributed by atoms with Crippen LogP contribution in [0.25, 0.3) is 0 Å². The van der Waals surface area contributed by atoms with Gasteiger partial charge in [0, 0.05) is 0 Å².